The highest BCUT2D eigenvalue weighted by atomic mass is 32.2. The average Bonchev–Trinajstić information content (AvgIpc) is 3.51. The van der Waals surface area contributed by atoms with Gasteiger partial charge in [-0.1, -0.05) is 40.7 Å². The zero-order valence-electron chi connectivity index (χ0n) is 35.7. The molecule has 1 saturated carbocycles. The molecule has 8 rings (SSSR count). The molecule has 59 heavy (non-hydrogen) atoms. The van der Waals surface area contributed by atoms with Gasteiger partial charge in [-0.25, -0.2) is 5.43 Å². The molecular weight excluding hydrogens is 767 g/mol. The van der Waals surface area contributed by atoms with Gasteiger partial charge in [0.2, 0.25) is 5.91 Å². The van der Waals surface area contributed by atoms with Gasteiger partial charge in [-0.15, -0.1) is 11.8 Å². The molecule has 14 heteroatoms. The number of aliphatic imine (C=N–C) groups is 1. The Morgan fingerprint density at radius 3 is 2.63 bits per heavy atom. The number of morpholine rings is 1. The summed E-state index contributed by atoms with van der Waals surface area (Å²) in [5.74, 6) is -0.320. The number of amides is 2. The van der Waals surface area contributed by atoms with Gasteiger partial charge in [0.05, 0.1) is 48.4 Å². The molecule has 6 heterocycles. The Labute approximate surface area is 352 Å². The van der Waals surface area contributed by atoms with E-state index in [0.717, 1.165) is 77.9 Å². The van der Waals surface area contributed by atoms with Gasteiger partial charge in [0, 0.05) is 85.5 Å². The zero-order valence-corrected chi connectivity index (χ0v) is 36.5. The Morgan fingerprint density at radius 2 is 1.88 bits per heavy atom. The van der Waals surface area contributed by atoms with Gasteiger partial charge in [-0.3, -0.25) is 34.3 Å². The van der Waals surface area contributed by atoms with E-state index in [9.17, 15) is 14.4 Å². The van der Waals surface area contributed by atoms with Crippen LogP contribution in [0.2, 0.25) is 0 Å². The first-order valence-electron chi connectivity index (χ1n) is 21.5. The lowest BCUT2D eigenvalue weighted by molar-refractivity contribution is -0.155. The van der Waals surface area contributed by atoms with Crippen molar-refractivity contribution in [3.8, 4) is 11.3 Å². The molecule has 0 radical (unpaired) electrons. The van der Waals surface area contributed by atoms with Gasteiger partial charge >= 0.3 is 5.97 Å². The number of ether oxygens (including phenoxy) is 3. The number of esters is 1. The Kier molecular flexibility index (Phi) is 12.3. The number of carbonyl (C=O) groups is 3. The molecule has 4 aliphatic heterocycles. The van der Waals surface area contributed by atoms with Crippen LogP contribution in [0.4, 0.5) is 0 Å². The number of rotatable bonds is 8. The van der Waals surface area contributed by atoms with Crippen molar-refractivity contribution in [2.24, 2.45) is 28.2 Å². The maximum absolute atomic E-state index is 14.3. The van der Waals surface area contributed by atoms with Crippen molar-refractivity contribution in [2.75, 3.05) is 53.1 Å². The number of cyclic esters (lactones) is 1. The number of pyridine rings is 1. The van der Waals surface area contributed by atoms with E-state index in [2.05, 4.69) is 79.1 Å². The van der Waals surface area contributed by atoms with E-state index in [1.165, 1.54) is 10.6 Å². The molecule has 6 bridgehead atoms. The SMILES string of the molecule is CO[C@@H](C)c1ncccc1-c1c2c3cc(ccc3n1CCN1CCOCC1)C1N=C(C[C@H](NC(=O)[C@H]3[C@H](C)[C@@H]3C)C(=O)N3CCC[C@H](N3)C(=O)OCC(C)(C)C2)SC1C. The lowest BCUT2D eigenvalue weighted by atomic mass is 9.84. The van der Waals surface area contributed by atoms with Crippen molar-refractivity contribution in [1.82, 2.24) is 30.2 Å². The number of thioether (sulfide) groups is 1. The first-order chi connectivity index (χ1) is 28.3. The van der Waals surface area contributed by atoms with Crippen molar-refractivity contribution < 1.29 is 28.6 Å². The molecule has 1 aromatic carbocycles. The summed E-state index contributed by atoms with van der Waals surface area (Å²) < 4.78 is 20.2. The van der Waals surface area contributed by atoms with E-state index in [1.54, 1.807) is 18.9 Å². The summed E-state index contributed by atoms with van der Waals surface area (Å²) in [7, 11) is 1.72. The molecule has 13 nitrogen and oxygen atoms in total. The summed E-state index contributed by atoms with van der Waals surface area (Å²) in [6.45, 7) is 18.2. The number of hydrogen-bond donors (Lipinski definition) is 2. The predicted molar refractivity (Wildman–Crippen MR) is 230 cm³/mol. The molecule has 3 aromatic rings. The number of aromatic nitrogens is 2. The minimum Gasteiger partial charge on any atom is -0.464 e. The number of benzene rings is 1. The number of hydrogen-bond acceptors (Lipinski definition) is 11. The summed E-state index contributed by atoms with van der Waals surface area (Å²) >= 11 is 1.68. The molecule has 2 unspecified atom stereocenters. The molecule has 2 aromatic heterocycles. The minimum atomic E-state index is -0.819. The van der Waals surface area contributed by atoms with E-state index in [-0.39, 0.29) is 66.0 Å². The van der Waals surface area contributed by atoms with Crippen LogP contribution in [0, 0.1) is 23.2 Å². The molecule has 8 atom stereocenters. The monoisotopic (exact) mass is 827 g/mol. The quantitative estimate of drug-likeness (QED) is 0.272. The predicted octanol–water partition coefficient (Wildman–Crippen LogP) is 5.72. The third kappa shape index (κ3) is 8.70. The van der Waals surface area contributed by atoms with Crippen molar-refractivity contribution in [2.45, 2.75) is 103 Å². The Hall–Kier alpha value is -3.82. The lowest BCUT2D eigenvalue weighted by Crippen LogP contribution is -2.60. The smallest absolute Gasteiger partial charge is 0.324 e. The largest absolute Gasteiger partial charge is 0.464 e. The first kappa shape index (κ1) is 41.9. The zero-order chi connectivity index (χ0) is 41.6. The van der Waals surface area contributed by atoms with Gasteiger partial charge in [0.1, 0.15) is 12.1 Å². The summed E-state index contributed by atoms with van der Waals surface area (Å²) in [6, 6.07) is 9.27. The van der Waals surface area contributed by atoms with Crippen molar-refractivity contribution >= 4 is 45.5 Å². The number of carbonyl (C=O) groups excluding carboxylic acids is 3. The van der Waals surface area contributed by atoms with Crippen LogP contribution in [-0.4, -0.2) is 113 Å². The number of nitrogens with zero attached hydrogens (tertiary/aromatic N) is 5. The Morgan fingerprint density at radius 1 is 1.10 bits per heavy atom. The summed E-state index contributed by atoms with van der Waals surface area (Å²) in [5, 5.41) is 6.73. The highest BCUT2D eigenvalue weighted by Gasteiger charge is 2.49. The Balaban J connectivity index is 1.25. The fourth-order valence-corrected chi connectivity index (χ4v) is 10.7. The maximum Gasteiger partial charge on any atom is 0.324 e. The fraction of sp³-hybridized carbons (Fsp3) is 0.622. The van der Waals surface area contributed by atoms with E-state index in [1.807, 2.05) is 19.2 Å². The van der Waals surface area contributed by atoms with Crippen LogP contribution in [0.1, 0.15) is 89.8 Å². The van der Waals surface area contributed by atoms with Gasteiger partial charge < -0.3 is 24.1 Å². The van der Waals surface area contributed by atoms with Crippen LogP contribution in [0.5, 0.6) is 0 Å². The fourth-order valence-electron chi connectivity index (χ4n) is 9.46. The Bertz CT molecular complexity index is 2090. The second-order valence-corrected chi connectivity index (χ2v) is 19.5. The number of hydrazine groups is 1. The molecule has 5 aliphatic rings. The van der Waals surface area contributed by atoms with Gasteiger partial charge in [-0.05, 0) is 73.4 Å². The molecule has 2 saturated heterocycles. The minimum absolute atomic E-state index is 0.0996. The molecular formula is C45H61N7O6S. The topological polar surface area (TPSA) is 140 Å². The number of nitrogens with one attached hydrogen (secondary N) is 2. The summed E-state index contributed by atoms with van der Waals surface area (Å²) in [6.07, 6.45) is 3.68. The normalized spacial score (nSPS) is 29.4. The van der Waals surface area contributed by atoms with Crippen LogP contribution in [0.15, 0.2) is 41.5 Å². The van der Waals surface area contributed by atoms with E-state index >= 15 is 0 Å². The van der Waals surface area contributed by atoms with Crippen LogP contribution < -0.4 is 10.7 Å². The van der Waals surface area contributed by atoms with Gasteiger partial charge in [0.25, 0.3) is 5.91 Å². The second-order valence-electron chi connectivity index (χ2n) is 18.1. The van der Waals surface area contributed by atoms with Crippen LogP contribution in [-0.2, 0) is 41.6 Å². The van der Waals surface area contributed by atoms with E-state index in [0.29, 0.717) is 25.8 Å². The number of fused-ring (bicyclic) bond motifs is 5. The maximum atomic E-state index is 14.3. The molecule has 3 fully saturated rings. The van der Waals surface area contributed by atoms with E-state index < -0.39 is 17.5 Å². The summed E-state index contributed by atoms with van der Waals surface area (Å²) in [5.41, 5.74) is 9.12. The molecule has 0 spiro atoms. The summed E-state index contributed by atoms with van der Waals surface area (Å²) in [4.78, 5) is 54.3. The van der Waals surface area contributed by atoms with Crippen molar-refractivity contribution in [3.05, 3.63) is 53.3 Å². The molecule has 2 amide bonds. The van der Waals surface area contributed by atoms with Crippen molar-refractivity contribution in [1.29, 1.82) is 0 Å². The third-order valence-corrected chi connectivity index (χ3v) is 14.4. The number of methoxy groups -OCH3 is 1. The van der Waals surface area contributed by atoms with Crippen molar-refractivity contribution in [3.63, 3.8) is 0 Å². The van der Waals surface area contributed by atoms with Crippen LogP contribution in [0.3, 0.4) is 0 Å². The third-order valence-electron chi connectivity index (χ3n) is 13.3. The van der Waals surface area contributed by atoms with E-state index in [4.69, 9.17) is 24.2 Å². The first-order valence-corrected chi connectivity index (χ1v) is 22.4. The van der Waals surface area contributed by atoms with Crippen LogP contribution >= 0.6 is 11.8 Å². The highest BCUT2D eigenvalue weighted by Crippen LogP contribution is 2.46. The second kappa shape index (κ2) is 17.3. The lowest BCUT2D eigenvalue weighted by Gasteiger charge is -2.35. The van der Waals surface area contributed by atoms with Crippen LogP contribution in [0.25, 0.3) is 22.2 Å². The molecule has 2 N–H and O–H groups in total. The standard InChI is InChI=1S/C45H61N7O6S/c1-26-27(2)38(26)42(53)47-35-23-37-48-40(29(4)59-37)30-12-13-36-32(22-30)33(24-45(5,6)25-58-44(55)34-11-9-15-52(49-34)43(35)54)41(31-10-8-14-46-39(31)28(3)56-7)51(36)17-16-50-18-20-57-21-19-50/h8,10,12-14,22,26-29,34-35,38,40,49H,9,11,15-21,23-25H2,1-7H3,(H,47,53)/t26-,27+,28-,29?,34-,35-,38+,40?/m0/s1. The molecule has 318 valence electrons. The molecule has 1 aliphatic carbocycles. The van der Waals surface area contributed by atoms with Gasteiger partial charge in [0.15, 0.2) is 0 Å². The highest BCUT2D eigenvalue weighted by molar-refractivity contribution is 8.14. The van der Waals surface area contributed by atoms with Gasteiger partial charge in [-0.2, -0.15) is 0 Å². The average molecular weight is 828 g/mol.